The van der Waals surface area contributed by atoms with Gasteiger partial charge >= 0.3 is 0 Å². The van der Waals surface area contributed by atoms with Crippen LogP contribution in [0.2, 0.25) is 0 Å². The van der Waals surface area contributed by atoms with E-state index in [0.29, 0.717) is 5.56 Å². The number of rotatable bonds is 2. The molecule has 0 fully saturated rings. The Labute approximate surface area is 100 Å². The zero-order valence-corrected chi connectivity index (χ0v) is 10.2. The maximum absolute atomic E-state index is 11.8. The van der Waals surface area contributed by atoms with Crippen molar-refractivity contribution in [2.75, 3.05) is 0 Å². The maximum Gasteiger partial charge on any atom is 0.290 e. The van der Waals surface area contributed by atoms with Gasteiger partial charge in [-0.05, 0) is 17.7 Å². The Morgan fingerprint density at radius 1 is 1.38 bits per heavy atom. The zero-order chi connectivity index (χ0) is 11.7. The third-order valence-corrected chi connectivity index (χ3v) is 2.83. The van der Waals surface area contributed by atoms with Crippen molar-refractivity contribution in [1.29, 1.82) is 0 Å². The van der Waals surface area contributed by atoms with Gasteiger partial charge in [0.2, 0.25) is 0 Å². The van der Waals surface area contributed by atoms with Crippen LogP contribution < -0.4 is 5.56 Å². The van der Waals surface area contributed by atoms with Crippen LogP contribution in [0.15, 0.2) is 38.1 Å². The molecule has 5 heteroatoms. The lowest BCUT2D eigenvalue weighted by molar-refractivity contribution is 0.199. The fourth-order valence-corrected chi connectivity index (χ4v) is 1.80. The highest BCUT2D eigenvalue weighted by Crippen LogP contribution is 2.22. The molecule has 1 aromatic heterocycles. The van der Waals surface area contributed by atoms with Crippen LogP contribution in [-0.4, -0.2) is 9.85 Å². The molecule has 2 aromatic rings. The molecule has 16 heavy (non-hydrogen) atoms. The summed E-state index contributed by atoms with van der Waals surface area (Å²) in [5.74, 6) is 0.287. The van der Waals surface area contributed by atoms with Gasteiger partial charge in [-0.15, -0.1) is 0 Å². The van der Waals surface area contributed by atoms with Crippen molar-refractivity contribution in [3.8, 4) is 11.1 Å². The van der Waals surface area contributed by atoms with Gasteiger partial charge in [-0.2, -0.15) is 4.74 Å². The van der Waals surface area contributed by atoms with Crippen molar-refractivity contribution >= 4 is 15.9 Å². The van der Waals surface area contributed by atoms with E-state index >= 15 is 0 Å². The van der Waals surface area contributed by atoms with Gasteiger partial charge in [0.1, 0.15) is 6.61 Å². The molecule has 1 aromatic carbocycles. The minimum atomic E-state index is -0.290. The maximum atomic E-state index is 11.8. The number of halogens is 1. The number of aliphatic hydroxyl groups is 1. The smallest absolute Gasteiger partial charge is 0.290 e. The zero-order valence-electron chi connectivity index (χ0n) is 8.61. The Kier molecular flexibility index (Phi) is 2.98. The third kappa shape index (κ3) is 1.83. The Morgan fingerprint density at radius 3 is 2.56 bits per heavy atom. The molecular weight excluding hydrogens is 274 g/mol. The summed E-state index contributed by atoms with van der Waals surface area (Å²) in [6, 6.07) is 7.27. The van der Waals surface area contributed by atoms with Crippen LogP contribution in [0.3, 0.4) is 0 Å². The largest absolute Gasteiger partial charge is 0.388 e. The first-order valence-electron chi connectivity index (χ1n) is 4.69. The molecule has 0 spiro atoms. The van der Waals surface area contributed by atoms with E-state index in [1.807, 2.05) is 12.1 Å². The van der Waals surface area contributed by atoms with E-state index in [1.54, 1.807) is 12.1 Å². The molecule has 4 nitrogen and oxygen atoms in total. The topological polar surface area (TPSA) is 55.4 Å². The minimum Gasteiger partial charge on any atom is -0.388 e. The Bertz CT molecular complexity index is 554. The molecular formula is C11H10BrNO3. The second-order valence-electron chi connectivity index (χ2n) is 3.36. The summed E-state index contributed by atoms with van der Waals surface area (Å²) in [5.41, 5.74) is 0.908. The van der Waals surface area contributed by atoms with E-state index in [9.17, 15) is 4.79 Å². The van der Waals surface area contributed by atoms with Crippen molar-refractivity contribution in [3.05, 3.63) is 44.9 Å². The molecule has 2 rings (SSSR count). The molecule has 0 radical (unpaired) electrons. The second-order valence-corrected chi connectivity index (χ2v) is 4.27. The molecule has 0 unspecified atom stereocenters. The first-order chi connectivity index (χ1) is 7.63. The highest BCUT2D eigenvalue weighted by molar-refractivity contribution is 9.10. The number of aromatic nitrogens is 1. The van der Waals surface area contributed by atoms with Crippen molar-refractivity contribution in [2.24, 2.45) is 7.05 Å². The Hall–Kier alpha value is -1.33. The summed E-state index contributed by atoms with van der Waals surface area (Å²) in [6.45, 7) is -0.290. The summed E-state index contributed by atoms with van der Waals surface area (Å²) >= 11 is 3.32. The third-order valence-electron chi connectivity index (χ3n) is 2.30. The van der Waals surface area contributed by atoms with Gasteiger partial charge in [-0.3, -0.25) is 4.79 Å². The van der Waals surface area contributed by atoms with Gasteiger partial charge < -0.3 is 9.63 Å². The van der Waals surface area contributed by atoms with Crippen molar-refractivity contribution in [2.45, 2.75) is 6.61 Å². The van der Waals surface area contributed by atoms with E-state index in [4.69, 9.17) is 9.63 Å². The van der Waals surface area contributed by atoms with Gasteiger partial charge in [-0.25, -0.2) is 0 Å². The van der Waals surface area contributed by atoms with Crippen molar-refractivity contribution in [3.63, 3.8) is 0 Å². The van der Waals surface area contributed by atoms with E-state index in [-0.39, 0.29) is 17.9 Å². The fraction of sp³-hybridized carbons (Fsp3) is 0.182. The van der Waals surface area contributed by atoms with E-state index in [1.165, 1.54) is 7.05 Å². The molecule has 0 atom stereocenters. The quantitative estimate of drug-likeness (QED) is 0.916. The number of hydrogen-bond acceptors (Lipinski definition) is 3. The van der Waals surface area contributed by atoms with Crippen molar-refractivity contribution in [1.82, 2.24) is 4.74 Å². The molecule has 1 N–H and O–H groups in total. The molecule has 0 bridgehead atoms. The highest BCUT2D eigenvalue weighted by Gasteiger charge is 2.16. The Morgan fingerprint density at radius 2 is 2.00 bits per heavy atom. The number of benzene rings is 1. The van der Waals surface area contributed by atoms with Crippen LogP contribution in [0.1, 0.15) is 5.76 Å². The predicted molar refractivity (Wildman–Crippen MR) is 63.0 cm³/mol. The molecule has 0 aliphatic carbocycles. The first-order valence-corrected chi connectivity index (χ1v) is 5.48. The van der Waals surface area contributed by atoms with Crippen molar-refractivity contribution < 1.29 is 9.63 Å². The SMILES string of the molecule is Cn1oc(CO)c(-c2ccc(Br)cc2)c1=O. The van der Waals surface area contributed by atoms with Crippen LogP contribution in [0.25, 0.3) is 11.1 Å². The summed E-state index contributed by atoms with van der Waals surface area (Å²) in [6.07, 6.45) is 0. The normalized spacial score (nSPS) is 10.7. The van der Waals surface area contributed by atoms with E-state index < -0.39 is 0 Å². The minimum absolute atomic E-state index is 0.244. The molecule has 0 saturated carbocycles. The molecule has 0 aliphatic rings. The molecule has 0 aliphatic heterocycles. The predicted octanol–water partition coefficient (Wildman–Crippen LogP) is 1.90. The average Bonchev–Trinajstić information content (AvgIpc) is 2.57. The number of aliphatic hydroxyl groups excluding tert-OH is 1. The molecule has 0 saturated heterocycles. The van der Waals surface area contributed by atoms with E-state index in [0.717, 1.165) is 14.8 Å². The van der Waals surface area contributed by atoms with Gasteiger partial charge in [0, 0.05) is 11.5 Å². The van der Waals surface area contributed by atoms with Crippen LogP contribution >= 0.6 is 15.9 Å². The van der Waals surface area contributed by atoms with Gasteiger partial charge in [0.05, 0.1) is 5.56 Å². The van der Waals surface area contributed by atoms with Gasteiger partial charge in [0.25, 0.3) is 5.56 Å². The number of hydrogen-bond donors (Lipinski definition) is 1. The van der Waals surface area contributed by atoms with E-state index in [2.05, 4.69) is 15.9 Å². The summed E-state index contributed by atoms with van der Waals surface area (Å²) in [4.78, 5) is 11.8. The second kappa shape index (κ2) is 4.27. The lowest BCUT2D eigenvalue weighted by atomic mass is 10.1. The van der Waals surface area contributed by atoms with Crippen LogP contribution in [0, 0.1) is 0 Å². The molecule has 0 amide bonds. The standard InChI is InChI=1S/C11H10BrNO3/c1-13-11(15)10(9(6-14)16-13)7-2-4-8(12)5-3-7/h2-5,14H,6H2,1H3. The fourth-order valence-electron chi connectivity index (χ4n) is 1.54. The van der Waals surface area contributed by atoms with Crippen LogP contribution in [0.4, 0.5) is 0 Å². The van der Waals surface area contributed by atoms with Gasteiger partial charge in [0.15, 0.2) is 5.76 Å². The first kappa shape index (κ1) is 11.2. The lowest BCUT2D eigenvalue weighted by Gasteiger charge is -1.97. The lowest BCUT2D eigenvalue weighted by Crippen LogP contribution is -2.11. The summed E-state index contributed by atoms with van der Waals surface area (Å²) in [7, 11) is 1.52. The van der Waals surface area contributed by atoms with Crippen LogP contribution in [-0.2, 0) is 13.7 Å². The molecule has 1 heterocycles. The number of aryl methyl sites for hydroxylation is 1. The average molecular weight is 284 g/mol. The molecule has 84 valence electrons. The number of nitrogens with zero attached hydrogens (tertiary/aromatic N) is 1. The van der Waals surface area contributed by atoms with Crippen LogP contribution in [0.5, 0.6) is 0 Å². The Balaban J connectivity index is 2.63. The monoisotopic (exact) mass is 283 g/mol. The summed E-state index contributed by atoms with van der Waals surface area (Å²) in [5, 5.41) is 9.12. The summed E-state index contributed by atoms with van der Waals surface area (Å²) < 4.78 is 7.17. The van der Waals surface area contributed by atoms with Gasteiger partial charge in [-0.1, -0.05) is 28.1 Å². The highest BCUT2D eigenvalue weighted by atomic mass is 79.9.